The first-order chi connectivity index (χ1) is 10.6. The second-order valence-electron chi connectivity index (χ2n) is 5.83. The van der Waals surface area contributed by atoms with Gasteiger partial charge in [-0.1, -0.05) is 24.6 Å². The van der Waals surface area contributed by atoms with Crippen LogP contribution in [0.1, 0.15) is 42.1 Å². The van der Waals surface area contributed by atoms with E-state index in [1.54, 1.807) is 0 Å². The summed E-state index contributed by atoms with van der Waals surface area (Å²) >= 11 is 0. The smallest absolute Gasteiger partial charge is 0.317 e. The number of rotatable bonds is 4. The molecule has 0 saturated carbocycles. The van der Waals surface area contributed by atoms with Crippen molar-refractivity contribution < 1.29 is 9.59 Å². The fourth-order valence-corrected chi connectivity index (χ4v) is 2.54. The van der Waals surface area contributed by atoms with E-state index in [2.05, 4.69) is 10.6 Å². The van der Waals surface area contributed by atoms with Crippen LogP contribution in [0.3, 0.4) is 0 Å². The molecule has 0 aromatic heterocycles. The Labute approximate surface area is 132 Å². The molecule has 2 N–H and O–H groups in total. The summed E-state index contributed by atoms with van der Waals surface area (Å²) in [6.45, 7) is 6.12. The van der Waals surface area contributed by atoms with Crippen LogP contribution in [0.15, 0.2) is 24.3 Å². The van der Waals surface area contributed by atoms with Crippen molar-refractivity contribution in [2.75, 3.05) is 19.6 Å². The van der Waals surface area contributed by atoms with Crippen LogP contribution in [0.4, 0.5) is 4.79 Å². The maximum atomic E-state index is 12.2. The second-order valence-corrected chi connectivity index (χ2v) is 5.83. The summed E-state index contributed by atoms with van der Waals surface area (Å²) < 4.78 is 0. The van der Waals surface area contributed by atoms with Gasteiger partial charge in [0.05, 0.1) is 0 Å². The molecule has 1 aliphatic heterocycles. The highest BCUT2D eigenvalue weighted by Crippen LogP contribution is 2.12. The first kappa shape index (κ1) is 16.3. The van der Waals surface area contributed by atoms with Crippen LogP contribution in [0.5, 0.6) is 0 Å². The van der Waals surface area contributed by atoms with E-state index in [4.69, 9.17) is 0 Å². The van der Waals surface area contributed by atoms with Crippen LogP contribution >= 0.6 is 0 Å². The van der Waals surface area contributed by atoms with E-state index in [0.717, 1.165) is 24.8 Å². The van der Waals surface area contributed by atoms with Gasteiger partial charge in [0.2, 0.25) is 0 Å². The Morgan fingerprint density at radius 1 is 1.18 bits per heavy atom. The Balaban J connectivity index is 1.78. The number of nitrogens with zero attached hydrogens (tertiary/aromatic N) is 1. The van der Waals surface area contributed by atoms with Crippen molar-refractivity contribution in [2.45, 2.75) is 39.2 Å². The van der Waals surface area contributed by atoms with Crippen LogP contribution in [0.25, 0.3) is 0 Å². The van der Waals surface area contributed by atoms with Crippen molar-refractivity contribution in [3.63, 3.8) is 0 Å². The van der Waals surface area contributed by atoms with Gasteiger partial charge in [0.25, 0.3) is 5.91 Å². The molecule has 0 atom stereocenters. The minimum absolute atomic E-state index is 0.00478. The number of likely N-dealkylation sites (tertiary alicyclic amines) is 1. The number of benzene rings is 1. The lowest BCUT2D eigenvalue weighted by molar-refractivity contribution is 0.0918. The molecule has 0 unspecified atom stereocenters. The summed E-state index contributed by atoms with van der Waals surface area (Å²) in [5.41, 5.74) is 1.83. The van der Waals surface area contributed by atoms with Gasteiger partial charge in [0.15, 0.2) is 0 Å². The van der Waals surface area contributed by atoms with Gasteiger partial charge in [-0.15, -0.1) is 0 Å². The molecule has 1 aromatic rings. The Kier molecular flexibility index (Phi) is 5.81. The first-order valence-corrected chi connectivity index (χ1v) is 8.00. The van der Waals surface area contributed by atoms with Crippen LogP contribution in [0, 0.1) is 6.92 Å². The van der Waals surface area contributed by atoms with Gasteiger partial charge in [0.1, 0.15) is 0 Å². The molecular weight excluding hydrogens is 278 g/mol. The number of urea groups is 1. The number of piperidine rings is 1. The topological polar surface area (TPSA) is 61.4 Å². The number of nitrogens with one attached hydrogen (secondary N) is 2. The van der Waals surface area contributed by atoms with E-state index in [-0.39, 0.29) is 18.0 Å². The van der Waals surface area contributed by atoms with E-state index in [1.807, 2.05) is 43.0 Å². The SMILES string of the molecule is CCCNC(=O)N1CCC(NC(=O)c2ccc(C)cc2)CC1. The molecule has 5 heteroatoms. The molecular formula is C17H25N3O2. The molecule has 3 amide bonds. The lowest BCUT2D eigenvalue weighted by Crippen LogP contribution is -2.49. The van der Waals surface area contributed by atoms with E-state index >= 15 is 0 Å². The van der Waals surface area contributed by atoms with Crippen molar-refractivity contribution in [2.24, 2.45) is 0 Å². The minimum Gasteiger partial charge on any atom is -0.349 e. The molecule has 1 saturated heterocycles. The average molecular weight is 303 g/mol. The lowest BCUT2D eigenvalue weighted by atomic mass is 10.0. The summed E-state index contributed by atoms with van der Waals surface area (Å²) in [7, 11) is 0. The molecule has 1 aliphatic rings. The molecule has 1 fully saturated rings. The first-order valence-electron chi connectivity index (χ1n) is 8.00. The zero-order valence-electron chi connectivity index (χ0n) is 13.4. The van der Waals surface area contributed by atoms with Crippen molar-refractivity contribution in [1.82, 2.24) is 15.5 Å². The van der Waals surface area contributed by atoms with Gasteiger partial charge in [-0.05, 0) is 38.3 Å². The van der Waals surface area contributed by atoms with Crippen LogP contribution in [0.2, 0.25) is 0 Å². The number of hydrogen-bond donors (Lipinski definition) is 2. The second kappa shape index (κ2) is 7.82. The molecule has 0 spiro atoms. The predicted molar refractivity (Wildman–Crippen MR) is 86.9 cm³/mol. The maximum Gasteiger partial charge on any atom is 0.317 e. The predicted octanol–water partition coefficient (Wildman–Crippen LogP) is 2.31. The standard InChI is InChI=1S/C17H25N3O2/c1-3-10-18-17(22)20-11-8-15(9-12-20)19-16(21)14-6-4-13(2)5-7-14/h4-7,15H,3,8-12H2,1-2H3,(H,18,22)(H,19,21). The molecule has 1 heterocycles. The third-order valence-electron chi connectivity index (χ3n) is 3.96. The van der Waals surface area contributed by atoms with E-state index in [9.17, 15) is 9.59 Å². The number of carbonyl (C=O) groups is 2. The molecule has 5 nitrogen and oxygen atoms in total. The molecule has 22 heavy (non-hydrogen) atoms. The third-order valence-corrected chi connectivity index (χ3v) is 3.96. The van der Waals surface area contributed by atoms with Crippen LogP contribution in [-0.4, -0.2) is 42.5 Å². The van der Waals surface area contributed by atoms with Gasteiger partial charge in [-0.3, -0.25) is 4.79 Å². The lowest BCUT2D eigenvalue weighted by Gasteiger charge is -2.32. The zero-order valence-corrected chi connectivity index (χ0v) is 13.4. The Morgan fingerprint density at radius 2 is 1.82 bits per heavy atom. The number of amides is 3. The fourth-order valence-electron chi connectivity index (χ4n) is 2.54. The highest BCUT2D eigenvalue weighted by Gasteiger charge is 2.23. The van der Waals surface area contributed by atoms with Crippen molar-refractivity contribution in [3.8, 4) is 0 Å². The largest absolute Gasteiger partial charge is 0.349 e. The summed E-state index contributed by atoms with van der Waals surface area (Å²) in [6.07, 6.45) is 2.54. The van der Waals surface area contributed by atoms with E-state index in [1.165, 1.54) is 0 Å². The van der Waals surface area contributed by atoms with Gasteiger partial charge >= 0.3 is 6.03 Å². The fraction of sp³-hybridized carbons (Fsp3) is 0.529. The third kappa shape index (κ3) is 4.48. The van der Waals surface area contributed by atoms with Crippen molar-refractivity contribution >= 4 is 11.9 Å². The monoisotopic (exact) mass is 303 g/mol. The zero-order chi connectivity index (χ0) is 15.9. The van der Waals surface area contributed by atoms with Gasteiger partial charge < -0.3 is 15.5 Å². The van der Waals surface area contributed by atoms with Crippen LogP contribution < -0.4 is 10.6 Å². The molecule has 0 bridgehead atoms. The van der Waals surface area contributed by atoms with Crippen LogP contribution in [-0.2, 0) is 0 Å². The minimum atomic E-state index is -0.0334. The molecule has 120 valence electrons. The number of carbonyl (C=O) groups excluding carboxylic acids is 2. The highest BCUT2D eigenvalue weighted by atomic mass is 16.2. The van der Waals surface area contributed by atoms with Crippen molar-refractivity contribution in [1.29, 1.82) is 0 Å². The summed E-state index contributed by atoms with van der Waals surface area (Å²) in [5.74, 6) is -0.0334. The van der Waals surface area contributed by atoms with E-state index in [0.29, 0.717) is 25.2 Å². The van der Waals surface area contributed by atoms with Crippen molar-refractivity contribution in [3.05, 3.63) is 35.4 Å². The maximum absolute atomic E-state index is 12.2. The average Bonchev–Trinajstić information content (AvgIpc) is 2.54. The molecule has 0 aliphatic carbocycles. The van der Waals surface area contributed by atoms with Gasteiger partial charge in [-0.2, -0.15) is 0 Å². The quantitative estimate of drug-likeness (QED) is 0.896. The highest BCUT2D eigenvalue weighted by molar-refractivity contribution is 5.94. The Morgan fingerprint density at radius 3 is 2.41 bits per heavy atom. The summed E-state index contributed by atoms with van der Waals surface area (Å²) in [4.78, 5) is 25.9. The van der Waals surface area contributed by atoms with Gasteiger partial charge in [-0.25, -0.2) is 4.79 Å². The Hall–Kier alpha value is -2.04. The number of hydrogen-bond acceptors (Lipinski definition) is 2. The number of aryl methyl sites for hydroxylation is 1. The normalized spacial score (nSPS) is 15.5. The summed E-state index contributed by atoms with van der Waals surface area (Å²) in [6, 6.07) is 7.72. The molecule has 2 rings (SSSR count). The van der Waals surface area contributed by atoms with E-state index < -0.39 is 0 Å². The Bertz CT molecular complexity index is 505. The molecule has 1 aromatic carbocycles. The van der Waals surface area contributed by atoms with Gasteiger partial charge in [0, 0.05) is 31.2 Å². The summed E-state index contributed by atoms with van der Waals surface area (Å²) in [5, 5.41) is 5.95. The molecule has 0 radical (unpaired) electrons.